The van der Waals surface area contributed by atoms with E-state index in [0.29, 0.717) is 21.0 Å². The van der Waals surface area contributed by atoms with Gasteiger partial charge in [0.2, 0.25) is 10.3 Å². The zero-order valence-corrected chi connectivity index (χ0v) is 15.2. The molecule has 0 radical (unpaired) electrons. The Hall–Kier alpha value is -1.75. The fourth-order valence-electron chi connectivity index (χ4n) is 1.34. The minimum atomic E-state index is -0.424. The van der Waals surface area contributed by atoms with Crippen molar-refractivity contribution in [3.63, 3.8) is 0 Å². The molecule has 0 atom stereocenters. The maximum Gasteiger partial charge on any atom is 0.325 e. The Bertz CT molecular complexity index is 759. The van der Waals surface area contributed by atoms with E-state index in [4.69, 9.17) is 11.6 Å². The van der Waals surface area contributed by atoms with E-state index in [0.717, 1.165) is 11.5 Å². The summed E-state index contributed by atoms with van der Waals surface area (Å²) in [6.07, 6.45) is 0. The maximum absolute atomic E-state index is 11.9. The van der Waals surface area contributed by atoms with Gasteiger partial charge in [0.05, 0.1) is 10.7 Å². The van der Waals surface area contributed by atoms with E-state index in [1.807, 2.05) is 20.8 Å². The molecular formula is C15H15ClN4OS2. The first-order valence-corrected chi connectivity index (χ1v) is 8.65. The fourth-order valence-corrected chi connectivity index (χ4v) is 2.90. The van der Waals surface area contributed by atoms with Crippen molar-refractivity contribution >= 4 is 51.7 Å². The number of hydrogen-bond donors (Lipinski definition) is 2. The van der Waals surface area contributed by atoms with Gasteiger partial charge >= 0.3 is 6.03 Å². The summed E-state index contributed by atoms with van der Waals surface area (Å²) in [5.41, 5.74) is 0.459. The van der Waals surface area contributed by atoms with Crippen LogP contribution in [-0.4, -0.2) is 15.4 Å². The lowest BCUT2D eigenvalue weighted by molar-refractivity contribution is 0.262. The molecular weight excluding hydrogens is 352 g/mol. The Morgan fingerprint density at radius 1 is 1.30 bits per heavy atom. The predicted octanol–water partition coefficient (Wildman–Crippen LogP) is 4.93. The number of thioether (sulfide) groups is 1. The summed E-state index contributed by atoms with van der Waals surface area (Å²) in [5.74, 6) is 3.08. The molecule has 0 spiro atoms. The van der Waals surface area contributed by atoms with Crippen molar-refractivity contribution in [1.82, 2.24) is 9.36 Å². The highest BCUT2D eigenvalue weighted by molar-refractivity contribution is 8.03. The van der Waals surface area contributed by atoms with Crippen LogP contribution in [0.5, 0.6) is 0 Å². The summed E-state index contributed by atoms with van der Waals surface area (Å²) >= 11 is 8.31. The van der Waals surface area contributed by atoms with Gasteiger partial charge in [-0.15, -0.1) is 0 Å². The molecule has 23 heavy (non-hydrogen) atoms. The number of rotatable bonds is 3. The van der Waals surface area contributed by atoms with Gasteiger partial charge in [0, 0.05) is 28.7 Å². The lowest BCUT2D eigenvalue weighted by atomic mass is 9.99. The molecule has 2 amide bonds. The minimum absolute atomic E-state index is 0.0705. The molecule has 1 aromatic heterocycles. The first-order chi connectivity index (χ1) is 10.8. The molecule has 0 aliphatic carbocycles. The normalized spacial score (nSPS) is 10.6. The Morgan fingerprint density at radius 2 is 2.04 bits per heavy atom. The lowest BCUT2D eigenvalue weighted by Crippen LogP contribution is -2.19. The van der Waals surface area contributed by atoms with Gasteiger partial charge in [-0.25, -0.2) is 4.79 Å². The molecule has 120 valence electrons. The van der Waals surface area contributed by atoms with Crippen LogP contribution in [0.2, 0.25) is 5.02 Å². The molecule has 0 bridgehead atoms. The van der Waals surface area contributed by atoms with Crippen molar-refractivity contribution in [1.29, 1.82) is 0 Å². The van der Waals surface area contributed by atoms with Gasteiger partial charge in [-0.1, -0.05) is 29.7 Å². The van der Waals surface area contributed by atoms with E-state index in [1.54, 1.807) is 24.3 Å². The van der Waals surface area contributed by atoms with E-state index < -0.39 is 6.03 Å². The Kier molecular flexibility index (Phi) is 5.88. The van der Waals surface area contributed by atoms with Crippen LogP contribution in [0.1, 0.15) is 20.8 Å². The number of carbonyl (C=O) groups excluding carboxylic acids is 1. The highest BCUT2D eigenvalue weighted by atomic mass is 35.5. The van der Waals surface area contributed by atoms with Crippen molar-refractivity contribution < 1.29 is 4.79 Å². The summed E-state index contributed by atoms with van der Waals surface area (Å²) in [4.78, 5) is 16.1. The van der Waals surface area contributed by atoms with Gasteiger partial charge in [-0.2, -0.15) is 9.36 Å². The van der Waals surface area contributed by atoms with Crippen LogP contribution >= 0.6 is 34.9 Å². The van der Waals surface area contributed by atoms with Crippen LogP contribution in [0.25, 0.3) is 0 Å². The maximum atomic E-state index is 11.9. The lowest BCUT2D eigenvalue weighted by Gasteiger charge is -2.06. The number of hydrogen-bond acceptors (Lipinski definition) is 5. The van der Waals surface area contributed by atoms with E-state index in [1.165, 1.54) is 11.8 Å². The first kappa shape index (κ1) is 17.6. The third kappa shape index (κ3) is 6.10. The SMILES string of the molecule is CC(C)(C)C#CSc1nsc(NC(=O)Nc2ccccc2Cl)n1. The zero-order valence-electron chi connectivity index (χ0n) is 12.8. The Balaban J connectivity index is 1.92. The highest BCUT2D eigenvalue weighted by Gasteiger charge is 2.10. The standard InChI is InChI=1S/C15H15ClN4OS2/c1-15(2,3)8-9-22-14-19-13(23-20-14)18-12(21)17-11-7-5-4-6-10(11)16/h4-7H,1-3H3,(H2,17,18,19,20,21). The van der Waals surface area contributed by atoms with Gasteiger partial charge in [-0.3, -0.25) is 5.32 Å². The van der Waals surface area contributed by atoms with Crippen molar-refractivity contribution in [3.8, 4) is 11.2 Å². The zero-order chi connectivity index (χ0) is 16.9. The molecule has 0 saturated carbocycles. The van der Waals surface area contributed by atoms with Crippen molar-refractivity contribution in [2.75, 3.05) is 10.6 Å². The van der Waals surface area contributed by atoms with Crippen LogP contribution in [-0.2, 0) is 0 Å². The second-order valence-corrected chi connectivity index (χ2v) is 7.45. The summed E-state index contributed by atoms with van der Waals surface area (Å²) in [5, 5.41) is 9.61. The summed E-state index contributed by atoms with van der Waals surface area (Å²) < 4.78 is 4.14. The number of aromatic nitrogens is 2. The second kappa shape index (κ2) is 7.68. The molecule has 1 heterocycles. The molecule has 2 rings (SSSR count). The van der Waals surface area contributed by atoms with Gasteiger partial charge in [0.15, 0.2) is 0 Å². The molecule has 0 fully saturated rings. The van der Waals surface area contributed by atoms with Crippen LogP contribution in [0, 0.1) is 16.6 Å². The number of nitrogens with zero attached hydrogens (tertiary/aromatic N) is 2. The molecule has 0 aliphatic heterocycles. The van der Waals surface area contributed by atoms with Crippen LogP contribution in [0.15, 0.2) is 29.4 Å². The monoisotopic (exact) mass is 366 g/mol. The van der Waals surface area contributed by atoms with E-state index in [9.17, 15) is 4.79 Å². The number of anilines is 2. The quantitative estimate of drug-likeness (QED) is 0.596. The molecule has 2 aromatic rings. The summed E-state index contributed by atoms with van der Waals surface area (Å²) in [6.45, 7) is 6.09. The van der Waals surface area contributed by atoms with E-state index >= 15 is 0 Å². The highest BCUT2D eigenvalue weighted by Crippen LogP contribution is 2.22. The molecule has 2 N–H and O–H groups in total. The fraction of sp³-hybridized carbons (Fsp3) is 0.267. The molecule has 1 aromatic carbocycles. The summed E-state index contributed by atoms with van der Waals surface area (Å²) in [6, 6.07) is 6.57. The number of amides is 2. The van der Waals surface area contributed by atoms with Gasteiger partial charge in [0.25, 0.3) is 0 Å². The molecule has 0 aliphatic rings. The van der Waals surface area contributed by atoms with Gasteiger partial charge in [0.1, 0.15) is 0 Å². The van der Waals surface area contributed by atoms with Gasteiger partial charge < -0.3 is 5.32 Å². The average molecular weight is 367 g/mol. The Labute approximate surface area is 148 Å². The number of benzene rings is 1. The first-order valence-electron chi connectivity index (χ1n) is 6.69. The van der Waals surface area contributed by atoms with Gasteiger partial charge in [-0.05, 0) is 38.2 Å². The van der Waals surface area contributed by atoms with Crippen molar-refractivity contribution in [2.24, 2.45) is 5.41 Å². The van der Waals surface area contributed by atoms with Crippen LogP contribution in [0.4, 0.5) is 15.6 Å². The smallest absolute Gasteiger partial charge is 0.306 e. The number of urea groups is 1. The van der Waals surface area contributed by atoms with E-state index in [2.05, 4.69) is 31.2 Å². The topological polar surface area (TPSA) is 66.9 Å². The van der Waals surface area contributed by atoms with Crippen molar-refractivity contribution in [3.05, 3.63) is 29.3 Å². The third-order valence-corrected chi connectivity index (χ3v) is 3.96. The molecule has 8 heteroatoms. The second-order valence-electron chi connectivity index (χ2n) is 5.52. The largest absolute Gasteiger partial charge is 0.325 e. The molecule has 0 saturated heterocycles. The Morgan fingerprint density at radius 3 is 2.74 bits per heavy atom. The summed E-state index contributed by atoms with van der Waals surface area (Å²) in [7, 11) is 0. The number of para-hydroxylation sites is 1. The predicted molar refractivity (Wildman–Crippen MR) is 97.1 cm³/mol. The number of nitrogens with one attached hydrogen (secondary N) is 2. The van der Waals surface area contributed by atoms with E-state index in [-0.39, 0.29) is 5.41 Å². The van der Waals surface area contributed by atoms with Crippen LogP contribution < -0.4 is 10.6 Å². The minimum Gasteiger partial charge on any atom is -0.306 e. The average Bonchev–Trinajstić information content (AvgIpc) is 2.87. The third-order valence-electron chi connectivity index (χ3n) is 2.32. The molecule has 0 unspecified atom stereocenters. The number of carbonyl (C=O) groups is 1. The van der Waals surface area contributed by atoms with Crippen LogP contribution in [0.3, 0.4) is 0 Å². The molecule has 5 nitrogen and oxygen atoms in total. The van der Waals surface area contributed by atoms with Crippen molar-refractivity contribution in [2.45, 2.75) is 25.9 Å². The number of halogens is 1.